The highest BCUT2D eigenvalue weighted by Gasteiger charge is 2.29. The first-order valence-electron chi connectivity index (χ1n) is 9.82. The first-order valence-corrected chi connectivity index (χ1v) is 10.7. The summed E-state index contributed by atoms with van der Waals surface area (Å²) in [5, 5.41) is 2.96. The molecule has 0 spiro atoms. The van der Waals surface area contributed by atoms with E-state index in [1.807, 2.05) is 78.0 Å². The van der Waals surface area contributed by atoms with E-state index in [2.05, 4.69) is 17.1 Å². The number of amides is 1. The number of hydrogen-bond donors (Lipinski definition) is 0. The number of hydrogen-bond acceptors (Lipinski definition) is 4. The smallest absolute Gasteiger partial charge is 0.255 e. The minimum absolute atomic E-state index is 0.0952. The normalized spacial score (nSPS) is 12.8. The maximum atomic E-state index is 13.0. The Kier molecular flexibility index (Phi) is 4.81. The summed E-state index contributed by atoms with van der Waals surface area (Å²) < 4.78 is 5.85. The summed E-state index contributed by atoms with van der Waals surface area (Å²) in [6, 6.07) is 21.8. The molecule has 1 aliphatic heterocycles. The first-order chi connectivity index (χ1) is 14.7. The highest BCUT2D eigenvalue weighted by molar-refractivity contribution is 7.13. The molecule has 0 saturated carbocycles. The molecule has 30 heavy (non-hydrogen) atoms. The predicted molar refractivity (Wildman–Crippen MR) is 119 cm³/mol. The number of thiazole rings is 1. The van der Waals surface area contributed by atoms with E-state index in [1.165, 1.54) is 0 Å². The van der Waals surface area contributed by atoms with Gasteiger partial charge in [-0.05, 0) is 60.0 Å². The van der Waals surface area contributed by atoms with E-state index in [9.17, 15) is 4.79 Å². The number of carbonyl (C=O) groups is 1. The van der Waals surface area contributed by atoms with Gasteiger partial charge < -0.3 is 9.64 Å². The molecular formula is C25H20N2O2S. The van der Waals surface area contributed by atoms with Crippen LogP contribution in [0.4, 0.5) is 0 Å². The van der Waals surface area contributed by atoms with Crippen molar-refractivity contribution in [2.75, 3.05) is 0 Å². The largest absolute Gasteiger partial charge is 0.457 e. The number of ether oxygens (including phenoxy) is 1. The molecule has 3 aromatic carbocycles. The van der Waals surface area contributed by atoms with Crippen molar-refractivity contribution >= 4 is 17.2 Å². The topological polar surface area (TPSA) is 42.4 Å². The van der Waals surface area contributed by atoms with Gasteiger partial charge in [-0.15, -0.1) is 11.3 Å². The van der Waals surface area contributed by atoms with Crippen LogP contribution in [-0.4, -0.2) is 15.8 Å². The Balaban J connectivity index is 1.32. The zero-order valence-electron chi connectivity index (χ0n) is 16.5. The number of fused-ring (bicyclic) bond motifs is 1. The number of carbonyl (C=O) groups excluding carboxylic acids is 1. The Hall–Kier alpha value is -3.44. The fourth-order valence-electron chi connectivity index (χ4n) is 3.85. The van der Waals surface area contributed by atoms with Crippen LogP contribution < -0.4 is 4.74 Å². The van der Waals surface area contributed by atoms with Crippen molar-refractivity contribution in [3.05, 3.63) is 101 Å². The second-order valence-corrected chi connectivity index (χ2v) is 8.28. The van der Waals surface area contributed by atoms with Crippen LogP contribution >= 0.6 is 11.3 Å². The van der Waals surface area contributed by atoms with Gasteiger partial charge in [0, 0.05) is 35.8 Å². The van der Waals surface area contributed by atoms with Crippen molar-refractivity contribution in [2.24, 2.45) is 0 Å². The minimum Gasteiger partial charge on any atom is -0.457 e. The molecule has 0 radical (unpaired) electrons. The Bertz CT molecular complexity index is 1190. The van der Waals surface area contributed by atoms with Gasteiger partial charge in [0.2, 0.25) is 0 Å². The van der Waals surface area contributed by atoms with Crippen LogP contribution in [0.5, 0.6) is 11.5 Å². The molecule has 0 N–H and O–H groups in total. The van der Waals surface area contributed by atoms with Gasteiger partial charge in [0.15, 0.2) is 0 Å². The molecule has 0 bridgehead atoms. The Morgan fingerprint density at radius 1 is 1.03 bits per heavy atom. The lowest BCUT2D eigenvalue weighted by atomic mass is 10.0. The molecule has 0 saturated heterocycles. The number of rotatable bonds is 5. The lowest BCUT2D eigenvalue weighted by Gasteiger charge is -2.16. The SMILES string of the molecule is Cc1cc(-c2nccs2)cc2c1C(=O)N(Cc1ccc(Oc3ccccc3)cc1)C2. The summed E-state index contributed by atoms with van der Waals surface area (Å²) in [5.74, 6) is 1.68. The molecule has 1 amide bonds. The number of para-hydroxylation sites is 1. The van der Waals surface area contributed by atoms with Crippen LogP contribution in [0, 0.1) is 6.92 Å². The number of nitrogens with zero attached hydrogens (tertiary/aromatic N) is 2. The van der Waals surface area contributed by atoms with E-state index < -0.39 is 0 Å². The van der Waals surface area contributed by atoms with Crippen LogP contribution in [0.2, 0.25) is 0 Å². The Morgan fingerprint density at radius 2 is 1.80 bits per heavy atom. The lowest BCUT2D eigenvalue weighted by molar-refractivity contribution is 0.0766. The third-order valence-corrected chi connectivity index (χ3v) is 6.06. The molecule has 0 fully saturated rings. The van der Waals surface area contributed by atoms with Gasteiger partial charge in [0.25, 0.3) is 5.91 Å². The third kappa shape index (κ3) is 3.60. The van der Waals surface area contributed by atoms with Crippen LogP contribution in [0.1, 0.15) is 27.0 Å². The Morgan fingerprint density at radius 3 is 2.53 bits per heavy atom. The van der Waals surface area contributed by atoms with Crippen molar-refractivity contribution in [3.8, 4) is 22.1 Å². The number of aryl methyl sites for hydroxylation is 1. The summed E-state index contributed by atoms with van der Waals surface area (Å²) in [7, 11) is 0. The van der Waals surface area contributed by atoms with Gasteiger partial charge in [-0.3, -0.25) is 4.79 Å². The van der Waals surface area contributed by atoms with Gasteiger partial charge in [0.1, 0.15) is 16.5 Å². The van der Waals surface area contributed by atoms with Crippen LogP contribution in [0.3, 0.4) is 0 Å². The van der Waals surface area contributed by atoms with Gasteiger partial charge in [-0.25, -0.2) is 4.98 Å². The van der Waals surface area contributed by atoms with Crippen molar-refractivity contribution in [2.45, 2.75) is 20.0 Å². The number of benzene rings is 3. The van der Waals surface area contributed by atoms with Crippen LogP contribution in [-0.2, 0) is 13.1 Å². The molecule has 0 atom stereocenters. The van der Waals surface area contributed by atoms with Gasteiger partial charge in [-0.1, -0.05) is 30.3 Å². The van der Waals surface area contributed by atoms with Crippen molar-refractivity contribution in [1.82, 2.24) is 9.88 Å². The zero-order valence-corrected chi connectivity index (χ0v) is 17.4. The van der Waals surface area contributed by atoms with E-state index >= 15 is 0 Å². The fourth-order valence-corrected chi connectivity index (χ4v) is 4.48. The maximum absolute atomic E-state index is 13.0. The average molecular weight is 413 g/mol. The quantitative estimate of drug-likeness (QED) is 0.400. The molecule has 1 aliphatic rings. The highest BCUT2D eigenvalue weighted by atomic mass is 32.1. The molecule has 2 heterocycles. The van der Waals surface area contributed by atoms with E-state index in [1.54, 1.807) is 11.3 Å². The monoisotopic (exact) mass is 412 g/mol. The molecule has 1 aromatic heterocycles. The summed E-state index contributed by atoms with van der Waals surface area (Å²) in [6.07, 6.45) is 1.81. The lowest BCUT2D eigenvalue weighted by Crippen LogP contribution is -2.23. The zero-order chi connectivity index (χ0) is 20.5. The molecule has 4 nitrogen and oxygen atoms in total. The van der Waals surface area contributed by atoms with Gasteiger partial charge in [0.05, 0.1) is 0 Å². The third-order valence-electron chi connectivity index (χ3n) is 5.23. The van der Waals surface area contributed by atoms with Gasteiger partial charge >= 0.3 is 0 Å². The van der Waals surface area contributed by atoms with Gasteiger partial charge in [-0.2, -0.15) is 0 Å². The fraction of sp³-hybridized carbons (Fsp3) is 0.120. The minimum atomic E-state index is 0.0952. The molecular weight excluding hydrogens is 392 g/mol. The second-order valence-electron chi connectivity index (χ2n) is 7.38. The van der Waals surface area contributed by atoms with Crippen LogP contribution in [0.15, 0.2) is 78.3 Å². The van der Waals surface area contributed by atoms with E-state index in [-0.39, 0.29) is 5.91 Å². The molecule has 4 aromatic rings. The standard InChI is InChI=1S/C25H20N2O2S/c1-17-13-19(24-26-11-12-30-24)14-20-16-27(25(28)23(17)20)15-18-7-9-22(10-8-18)29-21-5-3-2-4-6-21/h2-14H,15-16H2,1H3. The average Bonchev–Trinajstić information content (AvgIpc) is 3.39. The number of aromatic nitrogens is 1. The maximum Gasteiger partial charge on any atom is 0.255 e. The van der Waals surface area contributed by atoms with E-state index in [0.29, 0.717) is 13.1 Å². The van der Waals surface area contributed by atoms with Crippen molar-refractivity contribution in [1.29, 1.82) is 0 Å². The molecule has 0 unspecified atom stereocenters. The van der Waals surface area contributed by atoms with Crippen LogP contribution in [0.25, 0.3) is 10.6 Å². The van der Waals surface area contributed by atoms with E-state index in [4.69, 9.17) is 4.74 Å². The van der Waals surface area contributed by atoms with E-state index in [0.717, 1.165) is 44.3 Å². The molecule has 5 heteroatoms. The summed E-state index contributed by atoms with van der Waals surface area (Å²) in [6.45, 7) is 3.20. The van der Waals surface area contributed by atoms with Crippen molar-refractivity contribution in [3.63, 3.8) is 0 Å². The summed E-state index contributed by atoms with van der Waals surface area (Å²) in [4.78, 5) is 19.3. The summed E-state index contributed by atoms with van der Waals surface area (Å²) >= 11 is 1.61. The summed E-state index contributed by atoms with van der Waals surface area (Å²) in [5.41, 5.74) is 5.08. The van der Waals surface area contributed by atoms with Crippen molar-refractivity contribution < 1.29 is 9.53 Å². The molecule has 0 aliphatic carbocycles. The highest BCUT2D eigenvalue weighted by Crippen LogP contribution is 2.33. The molecule has 148 valence electrons. The predicted octanol–water partition coefficient (Wildman–Crippen LogP) is 6.07. The Labute approximate surface area is 179 Å². The first kappa shape index (κ1) is 18.6. The molecule has 5 rings (SSSR count). The second kappa shape index (κ2) is 7.76.